The van der Waals surface area contributed by atoms with Crippen LogP contribution in [0.2, 0.25) is 0 Å². The van der Waals surface area contributed by atoms with E-state index in [1.165, 1.54) is 64.2 Å². The van der Waals surface area contributed by atoms with E-state index in [1.807, 2.05) is 0 Å². The Labute approximate surface area is 459 Å². The monoisotopic (exact) mass is 1030 g/mol. The number of carbonyl (C=O) groups is 2. The molecule has 10 aliphatic rings. The van der Waals surface area contributed by atoms with E-state index in [2.05, 4.69) is 13.8 Å². The first-order valence-corrected chi connectivity index (χ1v) is 32.7. The largest absolute Gasteiger partial charge is 0.303 e. The molecule has 2 saturated carbocycles. The number of hydrogen-bond donors (Lipinski definition) is 0. The van der Waals surface area contributed by atoms with Crippen molar-refractivity contribution in [3.63, 3.8) is 0 Å². The van der Waals surface area contributed by atoms with Crippen LogP contribution < -0.4 is 0 Å². The summed E-state index contributed by atoms with van der Waals surface area (Å²) in [5.41, 5.74) is 12.9. The van der Waals surface area contributed by atoms with E-state index in [4.69, 9.17) is 0 Å². The summed E-state index contributed by atoms with van der Waals surface area (Å²) in [7, 11) is 0. The zero-order chi connectivity index (χ0) is 50.6. The molecule has 24 aromatic rings. The molecule has 2 heteroatoms. The number of carbonyl (C=O) groups excluding carboxylic acids is 2. The minimum atomic E-state index is -0.629. The lowest BCUT2D eigenvalue weighted by Gasteiger charge is -2.34. The average molecular weight is 1030 g/mol. The number of unbranched alkanes of at least 4 members (excludes halogenated alkanes) is 10. The average Bonchev–Trinajstić information content (AvgIpc) is 1.35. The van der Waals surface area contributed by atoms with Gasteiger partial charge in [0.15, 0.2) is 0 Å². The molecule has 2 nitrogen and oxygen atoms in total. The number of hydrogen-bond acceptors (Lipinski definition) is 2. The van der Waals surface area contributed by atoms with Crippen LogP contribution in [-0.2, 0) is 31.2 Å². The normalized spacial score (nSPS) is 28.7. The Morgan fingerprint density at radius 1 is 0.207 bits per heavy atom. The van der Waals surface area contributed by atoms with Crippen LogP contribution in [0.5, 0.6) is 0 Å². The fourth-order valence-electron chi connectivity index (χ4n) is 30.7. The Morgan fingerprint density at radius 2 is 0.366 bits per heavy atom. The third kappa shape index (κ3) is 1.93. The van der Waals surface area contributed by atoms with E-state index in [0.717, 1.165) is 25.7 Å². The highest BCUT2D eigenvalue weighted by atomic mass is 16.1. The third-order valence-corrected chi connectivity index (χ3v) is 30.9. The van der Waals surface area contributed by atoms with Gasteiger partial charge >= 0.3 is 0 Å². The van der Waals surface area contributed by atoms with Gasteiger partial charge in [0, 0.05) is 0 Å². The topological polar surface area (TPSA) is 34.1 Å². The van der Waals surface area contributed by atoms with Crippen molar-refractivity contribution in [2.75, 3.05) is 0 Å². The Hall–Kier alpha value is -7.94. The first kappa shape index (κ1) is 35.1. The van der Waals surface area contributed by atoms with Crippen LogP contribution in [0.3, 0.4) is 0 Å². The molecule has 0 radical (unpaired) electrons. The summed E-state index contributed by atoms with van der Waals surface area (Å²) < 4.78 is 0. The fourth-order valence-corrected chi connectivity index (χ4v) is 30.7. The quantitative estimate of drug-likeness (QED) is 0.0549. The van der Waals surface area contributed by atoms with Gasteiger partial charge in [-0.2, -0.15) is 0 Å². The van der Waals surface area contributed by atoms with Crippen molar-refractivity contribution in [3.05, 3.63) is 44.5 Å². The Morgan fingerprint density at radius 3 is 0.585 bits per heavy atom. The lowest BCUT2D eigenvalue weighted by molar-refractivity contribution is -0.114. The standard InChI is InChI=1S/C80H36O2/c1-3-5-7-9-11-13-15-75(17-81)77-67-53-43-32-23-19-20-22-27-21(19)28-25-30(23)38(43)49-41-34(25)45-36(28)47-40(27)48-37-29(22)26-31-24(20)33(32)44-39(31)50-42-35(26)46(37)58-62-52(42)64(60(50)68(77)54(44)53)74-66-65-71-61(51(41)63(59(49)67)73(65)80(74,75)77)57(45)69-55(47)56(48)70(58)79(72(62)66)76(18-82,78(69,71)79)16-14-12-10-8-6-4-2/h17-18H,3-16H2,1-2H3. The summed E-state index contributed by atoms with van der Waals surface area (Å²) >= 11 is 0. The number of benzene rings is 16. The van der Waals surface area contributed by atoms with Gasteiger partial charge in [-0.05, 0) is 316 Å². The molecule has 368 valence electrons. The van der Waals surface area contributed by atoms with Gasteiger partial charge in [0.05, 0.1) is 32.5 Å². The first-order chi connectivity index (χ1) is 40.7. The summed E-state index contributed by atoms with van der Waals surface area (Å²) in [6, 6.07) is 0. The fraction of sp³-hybridized carbons (Fsp3) is 0.275. The second-order valence-corrected chi connectivity index (χ2v) is 31.2. The van der Waals surface area contributed by atoms with Crippen molar-refractivity contribution in [2.24, 2.45) is 10.8 Å². The molecule has 3 atom stereocenters. The molecule has 34 rings (SSSR count). The predicted octanol–water partition coefficient (Wildman–Crippen LogP) is 20.7. The van der Waals surface area contributed by atoms with E-state index >= 15 is 9.59 Å². The molecule has 4 spiro atoms. The lowest BCUT2D eigenvalue weighted by Crippen LogP contribution is -2.28. The molecule has 0 bridgehead atoms. The first-order valence-electron chi connectivity index (χ1n) is 32.7. The van der Waals surface area contributed by atoms with Gasteiger partial charge in [0.1, 0.15) is 12.6 Å². The van der Waals surface area contributed by atoms with E-state index < -0.39 is 32.5 Å². The van der Waals surface area contributed by atoms with Crippen molar-refractivity contribution in [1.82, 2.24) is 0 Å². The molecule has 2 fully saturated rings. The lowest BCUT2D eigenvalue weighted by atomic mass is 9.66. The van der Waals surface area contributed by atoms with Gasteiger partial charge in [0.2, 0.25) is 0 Å². The van der Waals surface area contributed by atoms with Gasteiger partial charge in [0.25, 0.3) is 0 Å². The van der Waals surface area contributed by atoms with Crippen molar-refractivity contribution < 1.29 is 9.59 Å². The van der Waals surface area contributed by atoms with E-state index in [0.29, 0.717) is 0 Å². The molecular formula is C80H36O2. The summed E-state index contributed by atoms with van der Waals surface area (Å²) in [5, 5.41) is 73.6. The summed E-state index contributed by atoms with van der Waals surface area (Å²) in [6.07, 6.45) is 20.0. The molecule has 82 heavy (non-hydrogen) atoms. The predicted molar refractivity (Wildman–Crippen MR) is 339 cm³/mol. The SMILES string of the molecule is CCCCCCCCC1(C=O)C23c4c5c6c7c8c9c%10c%11c%12c%13c%14c(c-5c5c%15c%16c(c%17c%18c2c2c4c7c4c8c7c%10c8c%10c%11c%11c%13c(c%14%15)c%13c%16c%14c%17c%15c%18c%16c2c4c2c7c8c4c(c%162)c%15c2c%14c%13c%11c%10c24)C513)C61C(C=O)(CCCCCCCC)C9%121. The Balaban J connectivity index is 0.984. The molecule has 0 heterocycles. The molecule has 24 aromatic carbocycles. The van der Waals surface area contributed by atoms with Crippen LogP contribution in [0.1, 0.15) is 148 Å². The summed E-state index contributed by atoms with van der Waals surface area (Å²) in [4.78, 5) is 32.7. The molecule has 0 amide bonds. The molecule has 10 aliphatic carbocycles. The molecule has 3 unspecified atom stereocenters. The van der Waals surface area contributed by atoms with E-state index in [1.54, 1.807) is 316 Å². The van der Waals surface area contributed by atoms with Gasteiger partial charge in [-0.25, -0.2) is 0 Å². The highest BCUT2D eigenvalue weighted by Gasteiger charge is 2.99. The van der Waals surface area contributed by atoms with E-state index in [-0.39, 0.29) is 0 Å². The minimum Gasteiger partial charge on any atom is -0.303 e. The Bertz CT molecular complexity index is 7140. The second-order valence-electron chi connectivity index (χ2n) is 31.2. The molecule has 0 aromatic heterocycles. The van der Waals surface area contributed by atoms with Crippen molar-refractivity contribution >= 4 is 260 Å². The summed E-state index contributed by atoms with van der Waals surface area (Å²) in [5.74, 6) is 0. The zero-order valence-electron chi connectivity index (χ0n) is 44.9. The van der Waals surface area contributed by atoms with Gasteiger partial charge in [-0.1, -0.05) is 90.9 Å². The minimum absolute atomic E-state index is 0.485. The van der Waals surface area contributed by atoms with Gasteiger partial charge in [-0.15, -0.1) is 0 Å². The molecule has 0 N–H and O–H groups in total. The van der Waals surface area contributed by atoms with Crippen LogP contribution in [0.4, 0.5) is 0 Å². The maximum atomic E-state index is 16.3. The van der Waals surface area contributed by atoms with Gasteiger partial charge < -0.3 is 9.59 Å². The Kier molecular flexibility index (Phi) is 3.62. The molecule has 0 aliphatic heterocycles. The highest BCUT2D eigenvalue weighted by molar-refractivity contribution is 6.79. The van der Waals surface area contributed by atoms with Crippen LogP contribution >= 0.6 is 0 Å². The second kappa shape index (κ2) is 8.44. The summed E-state index contributed by atoms with van der Waals surface area (Å²) in [6.45, 7) is 4.69. The van der Waals surface area contributed by atoms with Gasteiger partial charge in [-0.3, -0.25) is 0 Å². The molecule has 0 saturated heterocycles. The van der Waals surface area contributed by atoms with Crippen molar-refractivity contribution in [3.8, 4) is 11.1 Å². The maximum absolute atomic E-state index is 16.3. The maximum Gasteiger partial charge on any atom is 0.128 e. The van der Waals surface area contributed by atoms with Crippen molar-refractivity contribution in [2.45, 2.75) is 125 Å². The van der Waals surface area contributed by atoms with E-state index in [9.17, 15) is 0 Å². The molecular weight excluding hydrogens is 993 g/mol. The van der Waals surface area contributed by atoms with Crippen LogP contribution in [0, 0.1) is 10.8 Å². The zero-order valence-corrected chi connectivity index (χ0v) is 44.9. The van der Waals surface area contributed by atoms with Crippen LogP contribution in [-0.4, -0.2) is 12.6 Å². The van der Waals surface area contributed by atoms with Crippen molar-refractivity contribution in [1.29, 1.82) is 0 Å². The highest BCUT2D eigenvalue weighted by Crippen LogP contribution is 3.02. The number of aldehydes is 2. The smallest absolute Gasteiger partial charge is 0.128 e. The van der Waals surface area contributed by atoms with Crippen LogP contribution in [0.15, 0.2) is 0 Å². The third-order valence-electron chi connectivity index (χ3n) is 30.9. The number of rotatable bonds is 16. The van der Waals surface area contributed by atoms with Crippen LogP contribution in [0.25, 0.3) is 259 Å².